The standard InChI is InChI=1S/C12H10NS2/c1-2-6-11(7-3-1)14-10-15-12-8-4-5-9-13-12/h1-7,9H,10H2. The van der Waals surface area contributed by atoms with Crippen LogP contribution in [0.25, 0.3) is 0 Å². The summed E-state index contributed by atoms with van der Waals surface area (Å²) in [7, 11) is 0. The predicted octanol–water partition coefficient (Wildman–Crippen LogP) is 3.72. The lowest BCUT2D eigenvalue weighted by molar-refractivity contribution is 1.13. The van der Waals surface area contributed by atoms with Crippen molar-refractivity contribution in [3.05, 3.63) is 54.7 Å². The van der Waals surface area contributed by atoms with Crippen molar-refractivity contribution in [2.45, 2.75) is 9.92 Å². The van der Waals surface area contributed by atoms with E-state index in [1.165, 1.54) is 4.90 Å². The molecule has 1 heterocycles. The molecular weight excluding hydrogens is 222 g/mol. The molecule has 0 aliphatic rings. The summed E-state index contributed by atoms with van der Waals surface area (Å²) in [5.74, 6) is 0. The highest BCUT2D eigenvalue weighted by molar-refractivity contribution is 8.16. The minimum Gasteiger partial charge on any atom is -0.249 e. The molecule has 1 aromatic heterocycles. The van der Waals surface area contributed by atoms with Gasteiger partial charge in [0.15, 0.2) is 0 Å². The van der Waals surface area contributed by atoms with E-state index in [1.807, 2.05) is 30.0 Å². The summed E-state index contributed by atoms with van der Waals surface area (Å²) in [6.07, 6.45) is 1.80. The first-order valence-electron chi connectivity index (χ1n) is 4.58. The van der Waals surface area contributed by atoms with Gasteiger partial charge in [0.25, 0.3) is 0 Å². The van der Waals surface area contributed by atoms with Crippen molar-refractivity contribution >= 4 is 23.5 Å². The summed E-state index contributed by atoms with van der Waals surface area (Å²) in [4.78, 5) is 5.50. The van der Waals surface area contributed by atoms with E-state index in [0.29, 0.717) is 0 Å². The fourth-order valence-electron chi connectivity index (χ4n) is 1.06. The molecule has 0 spiro atoms. The van der Waals surface area contributed by atoms with Gasteiger partial charge >= 0.3 is 0 Å². The number of hydrogen-bond acceptors (Lipinski definition) is 3. The molecule has 0 aliphatic carbocycles. The molecule has 15 heavy (non-hydrogen) atoms. The zero-order chi connectivity index (χ0) is 10.3. The third-order valence-electron chi connectivity index (χ3n) is 1.75. The Balaban J connectivity index is 1.81. The van der Waals surface area contributed by atoms with Gasteiger partial charge in [-0.25, -0.2) is 4.98 Å². The van der Waals surface area contributed by atoms with Crippen LogP contribution >= 0.6 is 23.5 Å². The normalized spacial score (nSPS) is 10.1. The molecule has 0 saturated heterocycles. The second-order valence-electron chi connectivity index (χ2n) is 2.81. The lowest BCUT2D eigenvalue weighted by Gasteiger charge is -2.00. The highest BCUT2D eigenvalue weighted by Crippen LogP contribution is 2.25. The van der Waals surface area contributed by atoms with E-state index in [9.17, 15) is 0 Å². The molecule has 0 saturated carbocycles. The molecule has 0 amide bonds. The zero-order valence-electron chi connectivity index (χ0n) is 8.09. The molecule has 0 unspecified atom stereocenters. The number of aromatic nitrogens is 1. The molecule has 1 nitrogen and oxygen atoms in total. The van der Waals surface area contributed by atoms with Crippen LogP contribution in [-0.2, 0) is 0 Å². The van der Waals surface area contributed by atoms with Crippen molar-refractivity contribution in [2.24, 2.45) is 0 Å². The van der Waals surface area contributed by atoms with Gasteiger partial charge < -0.3 is 0 Å². The van der Waals surface area contributed by atoms with Crippen molar-refractivity contribution in [3.8, 4) is 0 Å². The molecule has 2 aromatic rings. The van der Waals surface area contributed by atoms with E-state index in [4.69, 9.17) is 0 Å². The topological polar surface area (TPSA) is 12.9 Å². The minimum absolute atomic E-state index is 0.959. The van der Waals surface area contributed by atoms with Crippen molar-refractivity contribution in [3.63, 3.8) is 0 Å². The SMILES string of the molecule is [c]1cccnc1SCSc1ccccc1. The van der Waals surface area contributed by atoms with Gasteiger partial charge in [-0.15, -0.1) is 11.8 Å². The quantitative estimate of drug-likeness (QED) is 0.589. The summed E-state index contributed by atoms with van der Waals surface area (Å²) < 4.78 is 0. The number of pyridine rings is 1. The molecule has 0 fully saturated rings. The van der Waals surface area contributed by atoms with E-state index in [0.717, 1.165) is 10.1 Å². The molecule has 1 aromatic carbocycles. The van der Waals surface area contributed by atoms with Gasteiger partial charge in [-0.05, 0) is 18.2 Å². The smallest absolute Gasteiger partial charge is 0.105 e. The summed E-state index contributed by atoms with van der Waals surface area (Å²) in [5.41, 5.74) is 0. The second kappa shape index (κ2) is 5.83. The van der Waals surface area contributed by atoms with Gasteiger partial charge in [-0.1, -0.05) is 36.0 Å². The Morgan fingerprint density at radius 2 is 1.93 bits per heavy atom. The number of hydrogen-bond donors (Lipinski definition) is 0. The van der Waals surface area contributed by atoms with Crippen LogP contribution in [0.1, 0.15) is 0 Å². The van der Waals surface area contributed by atoms with Crippen LogP contribution in [0.15, 0.2) is 58.6 Å². The van der Waals surface area contributed by atoms with Gasteiger partial charge in [0.2, 0.25) is 0 Å². The number of benzene rings is 1. The summed E-state index contributed by atoms with van der Waals surface area (Å²) in [6, 6.07) is 17.2. The highest BCUT2D eigenvalue weighted by Gasteiger charge is 1.95. The Kier molecular flexibility index (Phi) is 4.11. The zero-order valence-corrected chi connectivity index (χ0v) is 9.72. The first-order chi connectivity index (χ1) is 7.45. The maximum absolute atomic E-state index is 4.20. The third kappa shape index (κ3) is 3.61. The minimum atomic E-state index is 0.959. The largest absolute Gasteiger partial charge is 0.249 e. The number of rotatable bonds is 4. The fraction of sp³-hybridized carbons (Fsp3) is 0.0833. The molecule has 0 bridgehead atoms. The van der Waals surface area contributed by atoms with Crippen LogP contribution in [0.5, 0.6) is 0 Å². The summed E-state index contributed by atoms with van der Waals surface area (Å²) >= 11 is 3.53. The fourth-order valence-corrected chi connectivity index (χ4v) is 2.92. The average molecular weight is 232 g/mol. The van der Waals surface area contributed by atoms with Gasteiger partial charge in [0.1, 0.15) is 5.03 Å². The number of nitrogens with zero attached hydrogens (tertiary/aromatic N) is 1. The maximum Gasteiger partial charge on any atom is 0.105 e. The lowest BCUT2D eigenvalue weighted by atomic mass is 10.4. The van der Waals surface area contributed by atoms with E-state index < -0.39 is 0 Å². The molecule has 0 N–H and O–H groups in total. The van der Waals surface area contributed by atoms with Crippen molar-refractivity contribution in [1.82, 2.24) is 4.98 Å². The van der Waals surface area contributed by atoms with Crippen molar-refractivity contribution < 1.29 is 0 Å². The molecule has 3 heteroatoms. The van der Waals surface area contributed by atoms with Crippen LogP contribution < -0.4 is 0 Å². The Morgan fingerprint density at radius 3 is 2.67 bits per heavy atom. The molecule has 0 aliphatic heterocycles. The van der Waals surface area contributed by atoms with Crippen LogP contribution in [-0.4, -0.2) is 10.1 Å². The van der Waals surface area contributed by atoms with Crippen LogP contribution in [0.3, 0.4) is 0 Å². The summed E-state index contributed by atoms with van der Waals surface area (Å²) in [5, 5.41) is 1.93. The maximum atomic E-state index is 4.20. The van der Waals surface area contributed by atoms with Crippen molar-refractivity contribution in [2.75, 3.05) is 5.08 Å². The molecule has 75 valence electrons. The lowest BCUT2D eigenvalue weighted by Crippen LogP contribution is -1.78. The van der Waals surface area contributed by atoms with Crippen LogP contribution in [0.2, 0.25) is 0 Å². The second-order valence-corrected chi connectivity index (χ2v) is 5.18. The van der Waals surface area contributed by atoms with E-state index in [2.05, 4.69) is 35.3 Å². The Bertz CT molecular complexity index is 349. The van der Waals surface area contributed by atoms with Gasteiger partial charge in [-0.2, -0.15) is 0 Å². The number of thioether (sulfide) groups is 2. The summed E-state index contributed by atoms with van der Waals surface area (Å²) in [6.45, 7) is 0. The average Bonchev–Trinajstić information content (AvgIpc) is 2.32. The monoisotopic (exact) mass is 232 g/mol. The molecule has 0 atom stereocenters. The van der Waals surface area contributed by atoms with Crippen LogP contribution in [0.4, 0.5) is 0 Å². The third-order valence-corrected chi connectivity index (χ3v) is 3.79. The Morgan fingerprint density at radius 1 is 1.07 bits per heavy atom. The van der Waals surface area contributed by atoms with Crippen LogP contribution in [0, 0.1) is 6.07 Å². The molecular formula is C12H10NS2. The Labute approximate surface area is 98.3 Å². The van der Waals surface area contributed by atoms with Crippen molar-refractivity contribution in [1.29, 1.82) is 0 Å². The molecule has 1 radical (unpaired) electrons. The first-order valence-corrected chi connectivity index (χ1v) is 6.55. The van der Waals surface area contributed by atoms with Gasteiger partial charge in [-0.3, -0.25) is 0 Å². The van der Waals surface area contributed by atoms with Gasteiger partial charge in [0.05, 0.1) is 5.08 Å². The predicted molar refractivity (Wildman–Crippen MR) is 66.1 cm³/mol. The highest BCUT2D eigenvalue weighted by atomic mass is 32.2. The Hall–Kier alpha value is -0.930. The first kappa shape index (κ1) is 10.6. The van der Waals surface area contributed by atoms with Gasteiger partial charge in [0, 0.05) is 17.2 Å². The van der Waals surface area contributed by atoms with E-state index in [1.54, 1.807) is 18.0 Å². The van der Waals surface area contributed by atoms with E-state index in [-0.39, 0.29) is 0 Å². The van der Waals surface area contributed by atoms with E-state index >= 15 is 0 Å². The molecule has 2 rings (SSSR count).